The topological polar surface area (TPSA) is 70.5 Å². The number of para-hydroxylation sites is 1. The lowest BCUT2D eigenvalue weighted by Gasteiger charge is -2.21. The van der Waals surface area contributed by atoms with Crippen molar-refractivity contribution < 1.29 is 9.47 Å². The highest BCUT2D eigenvalue weighted by Gasteiger charge is 2.13. The molecule has 0 aromatic heterocycles. The van der Waals surface area contributed by atoms with Gasteiger partial charge in [-0.25, -0.2) is 0 Å². The number of benzene rings is 2. The maximum atomic E-state index is 6.04. The van der Waals surface area contributed by atoms with Crippen LogP contribution in [0.3, 0.4) is 0 Å². The molecule has 2 aromatic carbocycles. The Labute approximate surface area is 125 Å². The van der Waals surface area contributed by atoms with E-state index in [1.54, 1.807) is 12.1 Å². The average molecular weight is 286 g/mol. The highest BCUT2D eigenvalue weighted by molar-refractivity contribution is 5.57. The van der Waals surface area contributed by atoms with Crippen LogP contribution in [-0.2, 0) is 0 Å². The number of aryl methyl sites for hydroxylation is 1. The quantitative estimate of drug-likeness (QED) is 0.627. The number of ether oxygens (including phenoxy) is 2. The van der Waals surface area contributed by atoms with Gasteiger partial charge in [0.15, 0.2) is 0 Å². The highest BCUT2D eigenvalue weighted by Crippen LogP contribution is 2.27. The molecule has 1 unspecified atom stereocenters. The zero-order valence-electron chi connectivity index (χ0n) is 12.5. The summed E-state index contributed by atoms with van der Waals surface area (Å²) in [4.78, 5) is 0. The van der Waals surface area contributed by atoms with Crippen molar-refractivity contribution in [2.45, 2.75) is 33.0 Å². The van der Waals surface area contributed by atoms with Gasteiger partial charge in [0.05, 0.1) is 5.69 Å². The van der Waals surface area contributed by atoms with Gasteiger partial charge in [-0.05, 0) is 49.2 Å². The van der Waals surface area contributed by atoms with Crippen LogP contribution in [-0.4, -0.2) is 6.29 Å². The average Bonchev–Trinajstić information content (AvgIpc) is 2.46. The molecule has 0 amide bonds. The van der Waals surface area contributed by atoms with E-state index in [0.717, 1.165) is 24.2 Å². The summed E-state index contributed by atoms with van der Waals surface area (Å²) in [6.45, 7) is 4.04. The number of nitrogen functional groups attached to an aromatic ring is 2. The van der Waals surface area contributed by atoms with Gasteiger partial charge >= 0.3 is 0 Å². The third-order valence-corrected chi connectivity index (χ3v) is 3.21. The van der Waals surface area contributed by atoms with Crippen molar-refractivity contribution in [3.05, 3.63) is 48.0 Å². The molecule has 0 saturated carbocycles. The third kappa shape index (κ3) is 4.05. The molecule has 0 aliphatic carbocycles. The molecule has 1 atom stereocenters. The lowest BCUT2D eigenvalue weighted by atomic mass is 10.2. The predicted octanol–water partition coefficient (Wildman–Crippen LogP) is 3.74. The molecule has 4 N–H and O–H groups in total. The number of rotatable bonds is 6. The minimum Gasteiger partial charge on any atom is -0.455 e. The first kappa shape index (κ1) is 15.0. The number of hydrogen-bond donors (Lipinski definition) is 2. The molecule has 0 heterocycles. The highest BCUT2D eigenvalue weighted by atomic mass is 16.7. The van der Waals surface area contributed by atoms with E-state index >= 15 is 0 Å². The van der Waals surface area contributed by atoms with Gasteiger partial charge < -0.3 is 20.9 Å². The second kappa shape index (κ2) is 6.88. The summed E-state index contributed by atoms with van der Waals surface area (Å²) in [5.74, 6) is 1.39. The van der Waals surface area contributed by atoms with Crippen LogP contribution in [0.1, 0.15) is 25.3 Å². The molecule has 4 heteroatoms. The SMILES string of the molecule is CCCC(Oc1ccc(N)cc1)Oc1cccc(C)c1N. The molecule has 0 bridgehead atoms. The largest absolute Gasteiger partial charge is 0.455 e. The van der Waals surface area contributed by atoms with Gasteiger partial charge in [0.1, 0.15) is 11.5 Å². The first-order valence-corrected chi connectivity index (χ1v) is 7.14. The van der Waals surface area contributed by atoms with Gasteiger partial charge in [0.2, 0.25) is 6.29 Å². The molecular weight excluding hydrogens is 264 g/mol. The molecule has 0 saturated heterocycles. The van der Waals surface area contributed by atoms with Crippen molar-refractivity contribution in [1.29, 1.82) is 0 Å². The Bertz CT molecular complexity index is 582. The number of nitrogens with two attached hydrogens (primary N) is 2. The van der Waals surface area contributed by atoms with Crippen LogP contribution in [0.4, 0.5) is 11.4 Å². The lowest BCUT2D eigenvalue weighted by molar-refractivity contribution is -0.000488. The minimum atomic E-state index is -0.372. The molecule has 21 heavy (non-hydrogen) atoms. The summed E-state index contributed by atoms with van der Waals surface area (Å²) in [7, 11) is 0. The number of anilines is 2. The van der Waals surface area contributed by atoms with Crippen LogP contribution in [0.5, 0.6) is 11.5 Å². The van der Waals surface area contributed by atoms with Gasteiger partial charge in [-0.2, -0.15) is 0 Å². The van der Waals surface area contributed by atoms with E-state index in [-0.39, 0.29) is 6.29 Å². The summed E-state index contributed by atoms with van der Waals surface area (Å²) in [5, 5.41) is 0. The summed E-state index contributed by atoms with van der Waals surface area (Å²) in [5.41, 5.74) is 14.1. The second-order valence-electron chi connectivity index (χ2n) is 5.01. The lowest BCUT2D eigenvalue weighted by Crippen LogP contribution is -2.24. The van der Waals surface area contributed by atoms with Crippen molar-refractivity contribution >= 4 is 11.4 Å². The molecule has 0 fully saturated rings. The van der Waals surface area contributed by atoms with Crippen molar-refractivity contribution in [1.82, 2.24) is 0 Å². The van der Waals surface area contributed by atoms with E-state index in [0.29, 0.717) is 17.1 Å². The summed E-state index contributed by atoms with van der Waals surface area (Å²) in [6.07, 6.45) is 1.35. The van der Waals surface area contributed by atoms with Crippen molar-refractivity contribution in [2.75, 3.05) is 11.5 Å². The standard InChI is InChI=1S/C17H22N2O2/c1-3-5-16(20-14-10-8-13(18)9-11-14)21-15-7-4-6-12(2)17(15)19/h4,6-11,16H,3,5,18-19H2,1-2H3. The first-order chi connectivity index (χ1) is 10.1. The monoisotopic (exact) mass is 286 g/mol. The van der Waals surface area contributed by atoms with E-state index in [2.05, 4.69) is 6.92 Å². The van der Waals surface area contributed by atoms with Crippen LogP contribution in [0, 0.1) is 6.92 Å². The predicted molar refractivity (Wildman–Crippen MR) is 86.4 cm³/mol. The van der Waals surface area contributed by atoms with Gasteiger partial charge in [-0.15, -0.1) is 0 Å². The van der Waals surface area contributed by atoms with Crippen LogP contribution in [0.25, 0.3) is 0 Å². The van der Waals surface area contributed by atoms with Crippen LogP contribution in [0.15, 0.2) is 42.5 Å². The Morgan fingerprint density at radius 2 is 1.71 bits per heavy atom. The fourth-order valence-corrected chi connectivity index (χ4v) is 1.97. The Balaban J connectivity index is 2.11. The van der Waals surface area contributed by atoms with Gasteiger partial charge in [-0.1, -0.05) is 19.1 Å². The molecule has 0 aliphatic heterocycles. The fourth-order valence-electron chi connectivity index (χ4n) is 1.97. The summed E-state index contributed by atoms with van der Waals surface area (Å²) < 4.78 is 11.8. The van der Waals surface area contributed by atoms with Crippen molar-refractivity contribution in [3.8, 4) is 11.5 Å². The molecule has 2 rings (SSSR count). The maximum absolute atomic E-state index is 6.04. The van der Waals surface area contributed by atoms with Gasteiger partial charge in [-0.3, -0.25) is 0 Å². The van der Waals surface area contributed by atoms with Gasteiger partial charge in [0, 0.05) is 12.1 Å². The molecular formula is C17H22N2O2. The first-order valence-electron chi connectivity index (χ1n) is 7.14. The molecule has 112 valence electrons. The van der Waals surface area contributed by atoms with Crippen molar-refractivity contribution in [3.63, 3.8) is 0 Å². The van der Waals surface area contributed by atoms with E-state index in [1.807, 2.05) is 37.3 Å². The minimum absolute atomic E-state index is 0.372. The smallest absolute Gasteiger partial charge is 0.241 e. The summed E-state index contributed by atoms with van der Waals surface area (Å²) in [6, 6.07) is 13.0. The normalized spacial score (nSPS) is 11.9. The number of hydrogen-bond acceptors (Lipinski definition) is 4. The summed E-state index contributed by atoms with van der Waals surface area (Å²) >= 11 is 0. The fraction of sp³-hybridized carbons (Fsp3) is 0.294. The molecule has 2 aromatic rings. The van der Waals surface area contributed by atoms with Crippen LogP contribution >= 0.6 is 0 Å². The molecule has 0 spiro atoms. The van der Waals surface area contributed by atoms with Gasteiger partial charge in [0.25, 0.3) is 0 Å². The Hall–Kier alpha value is -2.36. The van der Waals surface area contributed by atoms with Crippen LogP contribution in [0.2, 0.25) is 0 Å². The molecule has 0 radical (unpaired) electrons. The van der Waals surface area contributed by atoms with E-state index in [1.165, 1.54) is 0 Å². The Morgan fingerprint density at radius 3 is 2.38 bits per heavy atom. The Kier molecular flexibility index (Phi) is 4.93. The molecule has 4 nitrogen and oxygen atoms in total. The Morgan fingerprint density at radius 1 is 1.00 bits per heavy atom. The zero-order chi connectivity index (χ0) is 15.2. The second-order valence-corrected chi connectivity index (χ2v) is 5.01. The van der Waals surface area contributed by atoms with Crippen LogP contribution < -0.4 is 20.9 Å². The zero-order valence-corrected chi connectivity index (χ0v) is 12.5. The van der Waals surface area contributed by atoms with E-state index < -0.39 is 0 Å². The van der Waals surface area contributed by atoms with E-state index in [9.17, 15) is 0 Å². The molecule has 0 aliphatic rings. The van der Waals surface area contributed by atoms with Crippen molar-refractivity contribution in [2.24, 2.45) is 0 Å². The third-order valence-electron chi connectivity index (χ3n) is 3.21. The maximum Gasteiger partial charge on any atom is 0.241 e. The van der Waals surface area contributed by atoms with E-state index in [4.69, 9.17) is 20.9 Å².